The number of nitrogens with zero attached hydrogens (tertiary/aromatic N) is 4. The van der Waals surface area contributed by atoms with Crippen LogP contribution >= 0.6 is 0 Å². The van der Waals surface area contributed by atoms with Gasteiger partial charge in [0.25, 0.3) is 5.89 Å². The lowest BCUT2D eigenvalue weighted by atomic mass is 9.76. The number of nitrogens with one attached hydrogen (secondary N) is 1. The molecule has 0 unspecified atom stereocenters. The van der Waals surface area contributed by atoms with Crippen molar-refractivity contribution in [3.63, 3.8) is 0 Å². The van der Waals surface area contributed by atoms with E-state index in [2.05, 4.69) is 29.0 Å². The zero-order chi connectivity index (χ0) is 17.9. The molecule has 6 nitrogen and oxygen atoms in total. The Morgan fingerprint density at radius 2 is 2.12 bits per heavy atom. The number of rotatable bonds is 2. The fourth-order valence-electron chi connectivity index (χ4n) is 3.97. The van der Waals surface area contributed by atoms with Crippen LogP contribution in [0.4, 0.5) is 0 Å². The minimum Gasteiger partial charge on any atom is -0.361 e. The van der Waals surface area contributed by atoms with Crippen LogP contribution in [-0.2, 0) is 19.9 Å². The summed E-state index contributed by atoms with van der Waals surface area (Å²) in [5.41, 5.74) is 5.70. The molecule has 0 radical (unpaired) electrons. The van der Waals surface area contributed by atoms with E-state index < -0.39 is 0 Å². The first-order valence-electron chi connectivity index (χ1n) is 8.97. The van der Waals surface area contributed by atoms with Crippen LogP contribution < -0.4 is 0 Å². The van der Waals surface area contributed by atoms with Crippen LogP contribution in [0.25, 0.3) is 33.9 Å². The van der Waals surface area contributed by atoms with E-state index in [9.17, 15) is 0 Å². The Labute approximate surface area is 151 Å². The molecule has 1 aromatic carbocycles. The van der Waals surface area contributed by atoms with Gasteiger partial charge in [-0.1, -0.05) is 31.1 Å². The predicted molar refractivity (Wildman–Crippen MR) is 99.6 cm³/mol. The molecule has 1 aliphatic rings. The fourth-order valence-corrected chi connectivity index (χ4v) is 3.97. The first-order valence-corrected chi connectivity index (χ1v) is 8.97. The largest absolute Gasteiger partial charge is 0.361 e. The van der Waals surface area contributed by atoms with Crippen LogP contribution in [0.1, 0.15) is 31.5 Å². The van der Waals surface area contributed by atoms with Crippen molar-refractivity contribution in [2.45, 2.75) is 33.1 Å². The first-order chi connectivity index (χ1) is 12.5. The molecule has 1 aliphatic carbocycles. The number of hydrogen-bond acceptors (Lipinski definition) is 4. The Balaban J connectivity index is 1.59. The van der Waals surface area contributed by atoms with E-state index in [0.717, 1.165) is 41.4 Å². The number of hydrogen-bond donors (Lipinski definition) is 1. The topological polar surface area (TPSA) is 72.5 Å². The number of aromatic amines is 1. The Kier molecular flexibility index (Phi) is 3.13. The van der Waals surface area contributed by atoms with E-state index in [4.69, 9.17) is 9.62 Å². The quantitative estimate of drug-likeness (QED) is 0.592. The van der Waals surface area contributed by atoms with Crippen molar-refractivity contribution in [1.29, 1.82) is 0 Å². The monoisotopic (exact) mass is 347 g/mol. The van der Waals surface area contributed by atoms with Gasteiger partial charge in [-0.2, -0.15) is 10.1 Å². The summed E-state index contributed by atoms with van der Waals surface area (Å²) in [4.78, 5) is 7.89. The molecule has 0 saturated carbocycles. The van der Waals surface area contributed by atoms with Gasteiger partial charge in [0.05, 0.1) is 0 Å². The van der Waals surface area contributed by atoms with E-state index in [0.29, 0.717) is 17.1 Å². The molecular weight excluding hydrogens is 326 g/mol. The molecule has 0 fully saturated rings. The fraction of sp³-hybridized carbons (Fsp3) is 0.350. The van der Waals surface area contributed by atoms with Crippen LogP contribution in [0.3, 0.4) is 0 Å². The summed E-state index contributed by atoms with van der Waals surface area (Å²) in [6.45, 7) is 4.62. The second kappa shape index (κ2) is 5.30. The molecular formula is C20H21N5O. The molecule has 0 bridgehead atoms. The molecule has 0 amide bonds. The standard InChI is InChI=1S/C20H21N5O/c1-20(2)9-7-14-16(11-20)25(3)23-17(14)19-22-18(24-26-19)13-5-4-6-15-12(13)8-10-21-15/h4-6,8,10,21H,7,9,11H2,1-3H3. The van der Waals surface area contributed by atoms with Gasteiger partial charge in [-0.15, -0.1) is 0 Å². The van der Waals surface area contributed by atoms with E-state index in [1.54, 1.807) is 0 Å². The van der Waals surface area contributed by atoms with Crippen molar-refractivity contribution in [2.75, 3.05) is 0 Å². The number of aryl methyl sites for hydroxylation is 1. The number of benzene rings is 1. The summed E-state index contributed by atoms with van der Waals surface area (Å²) < 4.78 is 7.59. The lowest BCUT2D eigenvalue weighted by Gasteiger charge is -2.29. The van der Waals surface area contributed by atoms with Gasteiger partial charge in [-0.3, -0.25) is 4.68 Å². The highest BCUT2D eigenvalue weighted by molar-refractivity contribution is 5.93. The van der Waals surface area contributed by atoms with Crippen molar-refractivity contribution >= 4 is 10.9 Å². The molecule has 0 atom stereocenters. The molecule has 4 aromatic rings. The average molecular weight is 347 g/mol. The molecule has 1 N–H and O–H groups in total. The third kappa shape index (κ3) is 2.29. The van der Waals surface area contributed by atoms with Gasteiger partial charge >= 0.3 is 0 Å². The second-order valence-corrected chi connectivity index (χ2v) is 7.91. The van der Waals surface area contributed by atoms with E-state index in [1.165, 1.54) is 11.3 Å². The van der Waals surface area contributed by atoms with Crippen LogP contribution in [0.5, 0.6) is 0 Å². The average Bonchev–Trinajstić information content (AvgIpc) is 3.32. The van der Waals surface area contributed by atoms with E-state index >= 15 is 0 Å². The number of H-pyrrole nitrogens is 1. The van der Waals surface area contributed by atoms with Gasteiger partial charge in [-0.05, 0) is 36.8 Å². The summed E-state index contributed by atoms with van der Waals surface area (Å²) in [5, 5.41) is 10.0. The minimum absolute atomic E-state index is 0.308. The number of fused-ring (bicyclic) bond motifs is 2. The Hall–Kier alpha value is -2.89. The van der Waals surface area contributed by atoms with Gasteiger partial charge in [-0.25, -0.2) is 0 Å². The normalized spacial score (nSPS) is 16.1. The molecule has 3 aromatic heterocycles. The van der Waals surface area contributed by atoms with Crippen molar-refractivity contribution in [2.24, 2.45) is 12.5 Å². The Morgan fingerprint density at radius 1 is 1.23 bits per heavy atom. The van der Waals surface area contributed by atoms with Crippen molar-refractivity contribution in [3.8, 4) is 23.0 Å². The maximum Gasteiger partial charge on any atom is 0.279 e. The van der Waals surface area contributed by atoms with Crippen molar-refractivity contribution in [3.05, 3.63) is 41.7 Å². The zero-order valence-corrected chi connectivity index (χ0v) is 15.2. The number of aromatic nitrogens is 5. The van der Waals surface area contributed by atoms with Crippen LogP contribution in [-0.4, -0.2) is 24.9 Å². The minimum atomic E-state index is 0.308. The summed E-state index contributed by atoms with van der Waals surface area (Å²) in [6, 6.07) is 8.08. The molecule has 3 heterocycles. The molecule has 6 heteroatoms. The smallest absolute Gasteiger partial charge is 0.279 e. The lowest BCUT2D eigenvalue weighted by Crippen LogP contribution is -2.23. The third-order valence-electron chi connectivity index (χ3n) is 5.44. The molecule has 5 rings (SSSR count). The Morgan fingerprint density at radius 3 is 3.00 bits per heavy atom. The predicted octanol–water partition coefficient (Wildman–Crippen LogP) is 4.13. The maximum atomic E-state index is 5.61. The second-order valence-electron chi connectivity index (χ2n) is 7.91. The van der Waals surface area contributed by atoms with Gasteiger partial charge < -0.3 is 9.51 Å². The van der Waals surface area contributed by atoms with Crippen molar-refractivity contribution in [1.82, 2.24) is 24.9 Å². The highest BCUT2D eigenvalue weighted by Crippen LogP contribution is 2.38. The molecule has 0 spiro atoms. The summed E-state index contributed by atoms with van der Waals surface area (Å²) in [6.07, 6.45) is 5.08. The highest BCUT2D eigenvalue weighted by Gasteiger charge is 2.32. The molecule has 26 heavy (non-hydrogen) atoms. The summed E-state index contributed by atoms with van der Waals surface area (Å²) in [7, 11) is 2.00. The SMILES string of the molecule is Cn1nc(-c2nc(-c3cccc4[nH]ccc34)no2)c2c1CC(C)(C)CC2. The molecule has 0 aliphatic heterocycles. The van der Waals surface area contributed by atoms with Gasteiger partial charge in [0.2, 0.25) is 5.82 Å². The third-order valence-corrected chi connectivity index (χ3v) is 5.44. The maximum absolute atomic E-state index is 5.61. The zero-order valence-electron chi connectivity index (χ0n) is 15.2. The van der Waals surface area contributed by atoms with Gasteiger partial charge in [0.15, 0.2) is 5.69 Å². The summed E-state index contributed by atoms with van der Waals surface area (Å²) >= 11 is 0. The van der Waals surface area contributed by atoms with E-state index in [-0.39, 0.29) is 0 Å². The lowest BCUT2D eigenvalue weighted by molar-refractivity contribution is 0.306. The van der Waals surface area contributed by atoms with E-state index in [1.807, 2.05) is 42.2 Å². The van der Waals surface area contributed by atoms with Crippen molar-refractivity contribution < 1.29 is 4.52 Å². The summed E-state index contributed by atoms with van der Waals surface area (Å²) in [5.74, 6) is 1.10. The van der Waals surface area contributed by atoms with Gasteiger partial charge in [0, 0.05) is 41.0 Å². The molecule has 132 valence electrons. The van der Waals surface area contributed by atoms with Crippen LogP contribution in [0.15, 0.2) is 35.0 Å². The molecule has 0 saturated heterocycles. The Bertz CT molecular complexity index is 1110. The van der Waals surface area contributed by atoms with Crippen LogP contribution in [0, 0.1) is 5.41 Å². The van der Waals surface area contributed by atoms with Gasteiger partial charge in [0.1, 0.15) is 0 Å². The van der Waals surface area contributed by atoms with Crippen LogP contribution in [0.2, 0.25) is 0 Å². The first kappa shape index (κ1) is 15.4. The highest BCUT2D eigenvalue weighted by atomic mass is 16.5.